The molecule has 0 atom stereocenters. The molecule has 0 spiro atoms. The van der Waals surface area contributed by atoms with Crippen molar-refractivity contribution in [2.24, 2.45) is 7.05 Å². The molecule has 0 N–H and O–H groups in total. The van der Waals surface area contributed by atoms with Crippen molar-refractivity contribution >= 4 is 62.2 Å². The average molecular weight is 610 g/mol. The molecule has 0 aliphatic carbocycles. The number of nitrogens with zero attached hydrogens (tertiary/aromatic N) is 3. The molecule has 3 heterocycles. The molecule has 1 aliphatic heterocycles. The van der Waals surface area contributed by atoms with Crippen molar-refractivity contribution in [1.29, 1.82) is 0 Å². The van der Waals surface area contributed by atoms with Crippen LogP contribution >= 0.6 is 18.6 Å². The number of rotatable bonds is 8. The molecule has 5 heteroatoms. The summed E-state index contributed by atoms with van der Waals surface area (Å²) in [7, 11) is 0.217. The molecule has 0 radical (unpaired) electrons. The summed E-state index contributed by atoms with van der Waals surface area (Å²) in [6.07, 6.45) is 11.1. The Bertz CT molecular complexity index is 1870. The Kier molecular flexibility index (Phi) is 7.95. The molecule has 4 aromatic carbocycles. The van der Waals surface area contributed by atoms with E-state index < -0.39 is 7.26 Å². The average Bonchev–Trinajstić information content (AvgIpc) is 3.48. The molecule has 44 heavy (non-hydrogen) atoms. The highest BCUT2D eigenvalue weighted by Gasteiger charge is 2.44. The van der Waals surface area contributed by atoms with Crippen LogP contribution in [0.25, 0.3) is 22.0 Å². The molecule has 6 aromatic rings. The van der Waals surface area contributed by atoms with E-state index in [1.54, 1.807) is 11.3 Å². The highest BCUT2D eigenvalue weighted by molar-refractivity contribution is 7.95. The van der Waals surface area contributed by atoms with Crippen molar-refractivity contribution in [2.45, 2.75) is 13.3 Å². The summed E-state index contributed by atoms with van der Waals surface area (Å²) >= 11 is 1.75. The predicted octanol–water partition coefficient (Wildman–Crippen LogP) is 7.69. The molecular weight excluding hydrogens is 573 g/mol. The summed E-state index contributed by atoms with van der Waals surface area (Å²) in [6, 6.07) is 44.6. The standard InChI is InChI=1S/C39H36N3PS/c1-30-27-37-39(41(2)29-30)40-38(44-37)28-31-23-25-42(36-22-13-12-21-35(31)36)24-14-26-43(32-15-6-3-7-16-32,33-17-8-4-9-18-33)34-19-10-5-11-20-34/h3-13,15-23,25,27-29H,14,24,26H2,1-2H3/q+2. The molecule has 7 rings (SSSR count). The van der Waals surface area contributed by atoms with Gasteiger partial charge in [-0.2, -0.15) is 0 Å². The lowest BCUT2D eigenvalue weighted by Crippen LogP contribution is -2.34. The second-order valence-electron chi connectivity index (χ2n) is 11.4. The summed E-state index contributed by atoms with van der Waals surface area (Å²) in [5.41, 5.74) is 6.00. The lowest BCUT2D eigenvalue weighted by Gasteiger charge is -2.30. The van der Waals surface area contributed by atoms with Crippen LogP contribution in [0.3, 0.4) is 0 Å². The van der Waals surface area contributed by atoms with Crippen molar-refractivity contribution in [3.05, 3.63) is 156 Å². The van der Waals surface area contributed by atoms with Crippen LogP contribution in [0.2, 0.25) is 0 Å². The lowest BCUT2D eigenvalue weighted by atomic mass is 9.99. The van der Waals surface area contributed by atoms with Gasteiger partial charge in [-0.3, -0.25) is 0 Å². The summed E-state index contributed by atoms with van der Waals surface area (Å²) in [4.78, 5) is 7.40. The highest BCUT2D eigenvalue weighted by Crippen LogP contribution is 2.55. The van der Waals surface area contributed by atoms with Crippen molar-refractivity contribution < 1.29 is 4.57 Å². The van der Waals surface area contributed by atoms with Gasteiger partial charge in [-0.1, -0.05) is 84.1 Å². The quantitative estimate of drug-likeness (QED) is 0.130. The SMILES string of the molecule is Cc1cc2sc(/C=C3\C=CN(CCC[P+](c4ccccc4)(c4ccccc4)c4ccccc4)c4ccccc43)nc2[n+](C)c1. The summed E-state index contributed by atoms with van der Waals surface area (Å²) in [5.74, 6) is 0. The topological polar surface area (TPSA) is 20.0 Å². The number of para-hydroxylation sites is 1. The zero-order valence-electron chi connectivity index (χ0n) is 25.2. The summed E-state index contributed by atoms with van der Waals surface area (Å²) < 4.78 is 3.34. The number of anilines is 1. The van der Waals surface area contributed by atoms with Gasteiger partial charge in [-0.15, -0.1) is 0 Å². The number of aromatic nitrogens is 2. The van der Waals surface area contributed by atoms with Gasteiger partial charge in [0.25, 0.3) is 0 Å². The van der Waals surface area contributed by atoms with E-state index in [4.69, 9.17) is 4.98 Å². The smallest absolute Gasteiger partial charge is 0.341 e. The maximum Gasteiger partial charge on any atom is 0.341 e. The molecule has 0 saturated heterocycles. The van der Waals surface area contributed by atoms with E-state index in [0.717, 1.165) is 29.8 Å². The van der Waals surface area contributed by atoms with E-state index in [2.05, 4.69) is 169 Å². The van der Waals surface area contributed by atoms with Crippen LogP contribution in [0.5, 0.6) is 0 Å². The fourth-order valence-corrected chi connectivity index (χ4v) is 11.9. The highest BCUT2D eigenvalue weighted by atomic mass is 32.1. The van der Waals surface area contributed by atoms with Crippen molar-refractivity contribution in [3.8, 4) is 0 Å². The number of hydrogen-bond acceptors (Lipinski definition) is 3. The number of pyridine rings is 1. The molecular formula is C39H36N3PS+2. The number of allylic oxidation sites excluding steroid dienone is 2. The van der Waals surface area contributed by atoms with E-state index in [-0.39, 0.29) is 0 Å². The first-order chi connectivity index (χ1) is 21.6. The van der Waals surface area contributed by atoms with Crippen molar-refractivity contribution in [2.75, 3.05) is 17.6 Å². The molecule has 0 unspecified atom stereocenters. The maximum absolute atomic E-state index is 4.96. The molecule has 2 aromatic heterocycles. The number of benzene rings is 4. The van der Waals surface area contributed by atoms with Crippen LogP contribution < -0.4 is 25.4 Å². The number of fused-ring (bicyclic) bond motifs is 2. The monoisotopic (exact) mass is 609 g/mol. The fraction of sp³-hybridized carbons (Fsp3) is 0.128. The molecule has 0 fully saturated rings. The molecule has 0 amide bonds. The van der Waals surface area contributed by atoms with Gasteiger partial charge >= 0.3 is 5.65 Å². The van der Waals surface area contributed by atoms with E-state index >= 15 is 0 Å². The van der Waals surface area contributed by atoms with Gasteiger partial charge in [0.1, 0.15) is 27.9 Å². The third-order valence-electron chi connectivity index (χ3n) is 8.46. The van der Waals surface area contributed by atoms with E-state index in [1.165, 1.54) is 43.0 Å². The minimum Gasteiger partial charge on any atom is -0.347 e. The minimum absolute atomic E-state index is 0.950. The molecule has 0 bridgehead atoms. The van der Waals surface area contributed by atoms with E-state index in [9.17, 15) is 0 Å². The van der Waals surface area contributed by atoms with Crippen LogP contribution in [-0.4, -0.2) is 17.7 Å². The normalized spacial score (nSPS) is 13.9. The third kappa shape index (κ3) is 5.41. The molecule has 216 valence electrons. The van der Waals surface area contributed by atoms with Gasteiger partial charge in [0.15, 0.2) is 0 Å². The Morgan fingerprint density at radius 1 is 0.795 bits per heavy atom. The Morgan fingerprint density at radius 3 is 2.02 bits per heavy atom. The maximum atomic E-state index is 4.96. The van der Waals surface area contributed by atoms with Crippen molar-refractivity contribution in [3.63, 3.8) is 0 Å². The van der Waals surface area contributed by atoms with Gasteiger partial charge in [-0.25, -0.2) is 4.57 Å². The van der Waals surface area contributed by atoms with Gasteiger partial charge in [0.2, 0.25) is 5.01 Å². The van der Waals surface area contributed by atoms with Crippen LogP contribution in [0.1, 0.15) is 22.6 Å². The van der Waals surface area contributed by atoms with Crippen LogP contribution in [0, 0.1) is 6.92 Å². The van der Waals surface area contributed by atoms with E-state index in [0.29, 0.717) is 0 Å². The number of aryl methyl sites for hydroxylation is 2. The fourth-order valence-electron chi connectivity index (χ4n) is 6.48. The van der Waals surface area contributed by atoms with Gasteiger partial charge in [-0.05, 0) is 77.7 Å². The van der Waals surface area contributed by atoms with Crippen molar-refractivity contribution in [1.82, 2.24) is 4.98 Å². The molecule has 3 nitrogen and oxygen atoms in total. The van der Waals surface area contributed by atoms with Crippen LogP contribution in [0.4, 0.5) is 5.69 Å². The zero-order chi connectivity index (χ0) is 29.9. The predicted molar refractivity (Wildman–Crippen MR) is 191 cm³/mol. The first-order valence-corrected chi connectivity index (χ1v) is 18.0. The third-order valence-corrected chi connectivity index (χ3v) is 13.9. The van der Waals surface area contributed by atoms with Crippen LogP contribution in [-0.2, 0) is 7.05 Å². The number of hydrogen-bond donors (Lipinski definition) is 0. The lowest BCUT2D eigenvalue weighted by molar-refractivity contribution is -0.647. The summed E-state index contributed by atoms with van der Waals surface area (Å²) in [6.45, 7) is 3.09. The van der Waals surface area contributed by atoms with Gasteiger partial charge < -0.3 is 4.90 Å². The molecule has 1 aliphatic rings. The zero-order valence-corrected chi connectivity index (χ0v) is 26.9. The first-order valence-electron chi connectivity index (χ1n) is 15.2. The summed E-state index contributed by atoms with van der Waals surface area (Å²) in [5, 5.41) is 5.36. The largest absolute Gasteiger partial charge is 0.347 e. The number of thiazole rings is 1. The Balaban J connectivity index is 1.20. The Morgan fingerprint density at radius 2 is 1.39 bits per heavy atom. The van der Waals surface area contributed by atoms with E-state index in [1.807, 2.05) is 0 Å². The Labute approximate surface area is 264 Å². The first kappa shape index (κ1) is 28.4. The van der Waals surface area contributed by atoms with Crippen LogP contribution in [0.15, 0.2) is 140 Å². The molecule has 0 saturated carbocycles. The minimum atomic E-state index is -1.86. The second-order valence-corrected chi connectivity index (χ2v) is 16.1. The van der Waals surface area contributed by atoms with Gasteiger partial charge in [0.05, 0.1) is 19.4 Å². The second kappa shape index (κ2) is 12.3. The van der Waals surface area contributed by atoms with Gasteiger partial charge in [0, 0.05) is 36.5 Å². The Hall–Kier alpha value is -4.37.